The number of rotatable bonds is 1. The Morgan fingerprint density at radius 1 is 0.850 bits per heavy atom. The van der Waals surface area contributed by atoms with Crippen LogP contribution in [0.15, 0.2) is 18.3 Å². The SMILES string of the molecule is N#Cc1ccc(-c2c(F)c(F)c(C#N)c(F)c2F)cn1. The van der Waals surface area contributed by atoms with Crippen molar-refractivity contribution in [3.8, 4) is 23.3 Å². The molecule has 0 saturated carbocycles. The smallest absolute Gasteiger partial charge is 0.180 e. The van der Waals surface area contributed by atoms with Crippen LogP contribution in [0.3, 0.4) is 0 Å². The minimum absolute atomic E-state index is 0.0239. The molecule has 2 rings (SSSR count). The lowest BCUT2D eigenvalue weighted by Gasteiger charge is -2.08. The normalized spacial score (nSPS) is 9.90. The molecule has 0 radical (unpaired) electrons. The number of aromatic nitrogens is 1. The van der Waals surface area contributed by atoms with Gasteiger partial charge < -0.3 is 0 Å². The molecule has 1 heterocycles. The van der Waals surface area contributed by atoms with Crippen molar-refractivity contribution in [3.63, 3.8) is 0 Å². The van der Waals surface area contributed by atoms with Gasteiger partial charge in [0.2, 0.25) is 0 Å². The second-order valence-corrected chi connectivity index (χ2v) is 3.66. The van der Waals surface area contributed by atoms with Gasteiger partial charge in [-0.2, -0.15) is 10.5 Å². The Hall–Kier alpha value is -2.93. The molecule has 0 atom stereocenters. The van der Waals surface area contributed by atoms with Gasteiger partial charge >= 0.3 is 0 Å². The van der Waals surface area contributed by atoms with Crippen LogP contribution in [-0.4, -0.2) is 4.98 Å². The Bertz CT molecular complexity index is 741. The van der Waals surface area contributed by atoms with E-state index in [-0.39, 0.29) is 11.3 Å². The maximum atomic E-state index is 13.7. The molecule has 1 aromatic heterocycles. The molecule has 0 saturated heterocycles. The third kappa shape index (κ3) is 1.95. The topological polar surface area (TPSA) is 60.5 Å². The highest BCUT2D eigenvalue weighted by atomic mass is 19.2. The lowest BCUT2D eigenvalue weighted by Crippen LogP contribution is -2.04. The fourth-order valence-corrected chi connectivity index (χ4v) is 1.59. The maximum absolute atomic E-state index is 13.7. The number of hydrogen-bond donors (Lipinski definition) is 0. The van der Waals surface area contributed by atoms with E-state index >= 15 is 0 Å². The van der Waals surface area contributed by atoms with E-state index in [2.05, 4.69) is 4.98 Å². The summed E-state index contributed by atoms with van der Waals surface area (Å²) in [4.78, 5) is 3.55. The maximum Gasteiger partial charge on any atom is 0.180 e. The summed E-state index contributed by atoms with van der Waals surface area (Å²) in [5.74, 6) is -6.92. The van der Waals surface area contributed by atoms with Crippen molar-refractivity contribution in [2.75, 3.05) is 0 Å². The molecule has 0 bridgehead atoms. The van der Waals surface area contributed by atoms with Gasteiger partial charge in [-0.1, -0.05) is 0 Å². The van der Waals surface area contributed by atoms with Crippen LogP contribution in [0.4, 0.5) is 17.6 Å². The number of nitrogens with zero attached hydrogens (tertiary/aromatic N) is 3. The van der Waals surface area contributed by atoms with E-state index in [9.17, 15) is 17.6 Å². The molecule has 0 amide bonds. The summed E-state index contributed by atoms with van der Waals surface area (Å²) in [6.07, 6.45) is 0.908. The Balaban J connectivity index is 2.75. The lowest BCUT2D eigenvalue weighted by atomic mass is 10.0. The highest BCUT2D eigenvalue weighted by molar-refractivity contribution is 5.66. The van der Waals surface area contributed by atoms with Crippen LogP contribution in [0.2, 0.25) is 0 Å². The Morgan fingerprint density at radius 2 is 1.45 bits per heavy atom. The first-order chi connectivity index (χ1) is 9.51. The van der Waals surface area contributed by atoms with E-state index in [1.165, 1.54) is 0 Å². The molecule has 7 heteroatoms. The molecule has 3 nitrogen and oxygen atoms in total. The third-order valence-corrected chi connectivity index (χ3v) is 2.54. The van der Waals surface area contributed by atoms with Crippen molar-refractivity contribution in [2.45, 2.75) is 0 Å². The van der Waals surface area contributed by atoms with Crippen molar-refractivity contribution < 1.29 is 17.6 Å². The van der Waals surface area contributed by atoms with Gasteiger partial charge in [0.15, 0.2) is 23.3 Å². The highest BCUT2D eigenvalue weighted by Gasteiger charge is 2.26. The highest BCUT2D eigenvalue weighted by Crippen LogP contribution is 2.31. The summed E-state index contributed by atoms with van der Waals surface area (Å²) in [7, 11) is 0. The summed E-state index contributed by atoms with van der Waals surface area (Å²) in [5, 5.41) is 17.0. The summed E-state index contributed by atoms with van der Waals surface area (Å²) >= 11 is 0. The zero-order chi connectivity index (χ0) is 14.9. The largest absolute Gasteiger partial charge is 0.245 e. The second kappa shape index (κ2) is 4.98. The number of benzene rings is 1. The lowest BCUT2D eigenvalue weighted by molar-refractivity contribution is 0.454. The molecule has 0 aliphatic heterocycles. The van der Waals surface area contributed by atoms with Crippen molar-refractivity contribution in [1.29, 1.82) is 10.5 Å². The first-order valence-electron chi connectivity index (χ1n) is 5.13. The first-order valence-corrected chi connectivity index (χ1v) is 5.13. The van der Waals surface area contributed by atoms with Gasteiger partial charge in [0, 0.05) is 11.8 Å². The van der Waals surface area contributed by atoms with Crippen molar-refractivity contribution >= 4 is 0 Å². The van der Waals surface area contributed by atoms with Gasteiger partial charge in [-0.25, -0.2) is 22.5 Å². The van der Waals surface area contributed by atoms with Crippen LogP contribution in [0.25, 0.3) is 11.1 Å². The summed E-state index contributed by atoms with van der Waals surface area (Å²) in [6.45, 7) is 0. The van der Waals surface area contributed by atoms with E-state index in [0.29, 0.717) is 0 Å². The van der Waals surface area contributed by atoms with E-state index in [1.54, 1.807) is 6.07 Å². The molecule has 0 aliphatic rings. The minimum atomic E-state index is -1.77. The predicted octanol–water partition coefficient (Wildman–Crippen LogP) is 3.05. The van der Waals surface area contributed by atoms with Crippen LogP contribution < -0.4 is 0 Å². The van der Waals surface area contributed by atoms with Crippen molar-refractivity contribution in [1.82, 2.24) is 4.98 Å². The fourth-order valence-electron chi connectivity index (χ4n) is 1.59. The molecule has 0 aliphatic carbocycles. The summed E-state index contributed by atoms with van der Waals surface area (Å²) in [6, 6.07) is 4.98. The number of pyridine rings is 1. The van der Waals surface area contributed by atoms with Gasteiger partial charge in [-0.3, -0.25) is 0 Å². The molecule has 0 spiro atoms. The van der Waals surface area contributed by atoms with E-state index in [4.69, 9.17) is 10.5 Å². The van der Waals surface area contributed by atoms with E-state index < -0.39 is 34.4 Å². The van der Waals surface area contributed by atoms with Gasteiger partial charge in [0.05, 0.1) is 5.56 Å². The molecule has 98 valence electrons. The Kier molecular flexibility index (Phi) is 3.36. The van der Waals surface area contributed by atoms with Gasteiger partial charge in [-0.15, -0.1) is 0 Å². The standard InChI is InChI=1S/C13H3F4N3/c14-10-8(4-19)11(15)13(17)9(12(10)16)6-1-2-7(3-18)20-5-6/h1-2,5H. The van der Waals surface area contributed by atoms with Gasteiger partial charge in [-0.05, 0) is 12.1 Å². The molecule has 0 fully saturated rings. The monoisotopic (exact) mass is 277 g/mol. The molecule has 2 aromatic rings. The van der Waals surface area contributed by atoms with E-state index in [0.717, 1.165) is 24.4 Å². The van der Waals surface area contributed by atoms with Crippen LogP contribution in [0, 0.1) is 45.9 Å². The molecule has 1 aromatic carbocycles. The minimum Gasteiger partial charge on any atom is -0.245 e. The molecule has 0 unspecified atom stereocenters. The number of hydrogen-bond acceptors (Lipinski definition) is 3. The third-order valence-electron chi connectivity index (χ3n) is 2.54. The van der Waals surface area contributed by atoms with Gasteiger partial charge in [0.25, 0.3) is 0 Å². The quantitative estimate of drug-likeness (QED) is 0.594. The Morgan fingerprint density at radius 3 is 1.85 bits per heavy atom. The molecule has 0 N–H and O–H groups in total. The Labute approximate surface area is 110 Å². The van der Waals surface area contributed by atoms with Crippen LogP contribution in [0.5, 0.6) is 0 Å². The summed E-state index contributed by atoms with van der Waals surface area (Å²) < 4.78 is 54.4. The molecular weight excluding hydrogens is 274 g/mol. The van der Waals surface area contributed by atoms with Crippen LogP contribution >= 0.6 is 0 Å². The zero-order valence-corrected chi connectivity index (χ0v) is 9.59. The number of halogens is 4. The van der Waals surface area contributed by atoms with Crippen LogP contribution in [0.1, 0.15) is 11.3 Å². The van der Waals surface area contributed by atoms with Crippen LogP contribution in [-0.2, 0) is 0 Å². The average Bonchev–Trinajstić information content (AvgIpc) is 2.47. The second-order valence-electron chi connectivity index (χ2n) is 3.66. The first kappa shape index (κ1) is 13.5. The summed E-state index contributed by atoms with van der Waals surface area (Å²) in [5.41, 5.74) is -2.58. The average molecular weight is 277 g/mol. The number of nitriles is 2. The predicted molar refractivity (Wildman–Crippen MR) is 58.9 cm³/mol. The molecular formula is C13H3F4N3. The van der Waals surface area contributed by atoms with Crippen molar-refractivity contribution in [2.24, 2.45) is 0 Å². The fraction of sp³-hybridized carbons (Fsp3) is 0. The van der Waals surface area contributed by atoms with Crippen molar-refractivity contribution in [3.05, 3.63) is 52.9 Å². The zero-order valence-electron chi connectivity index (χ0n) is 9.59. The molecule has 20 heavy (non-hydrogen) atoms. The van der Waals surface area contributed by atoms with E-state index in [1.807, 2.05) is 0 Å². The van der Waals surface area contributed by atoms with Gasteiger partial charge in [0.1, 0.15) is 23.4 Å².